The summed E-state index contributed by atoms with van der Waals surface area (Å²) in [5.41, 5.74) is 6.75. The molecular formula is C11H11ClN2O3S. The van der Waals surface area contributed by atoms with Crippen LogP contribution in [0.5, 0.6) is 0 Å². The van der Waals surface area contributed by atoms with Crippen LogP contribution in [-0.2, 0) is 15.6 Å². The smallest absolute Gasteiger partial charge is 0.175 e. The Labute approximate surface area is 109 Å². The van der Waals surface area contributed by atoms with Crippen LogP contribution in [0.15, 0.2) is 28.8 Å². The lowest BCUT2D eigenvalue weighted by Crippen LogP contribution is -2.01. The lowest BCUT2D eigenvalue weighted by Gasteiger charge is -2.04. The third-order valence-electron chi connectivity index (χ3n) is 2.33. The molecular weight excluding hydrogens is 276 g/mol. The molecule has 0 aliphatic rings. The summed E-state index contributed by atoms with van der Waals surface area (Å²) in [5, 5.41) is 4.06. The van der Waals surface area contributed by atoms with Crippen LogP contribution in [0.2, 0.25) is 5.02 Å². The van der Waals surface area contributed by atoms with Crippen molar-refractivity contribution < 1.29 is 12.9 Å². The van der Waals surface area contributed by atoms with Crippen molar-refractivity contribution in [2.75, 3.05) is 12.0 Å². The van der Waals surface area contributed by atoms with Gasteiger partial charge in [-0.05, 0) is 6.07 Å². The van der Waals surface area contributed by atoms with Gasteiger partial charge in [0.25, 0.3) is 0 Å². The summed E-state index contributed by atoms with van der Waals surface area (Å²) < 4.78 is 27.6. The number of nitrogens with two attached hydrogens (primary N) is 1. The van der Waals surface area contributed by atoms with Crippen LogP contribution in [0.1, 0.15) is 5.76 Å². The van der Waals surface area contributed by atoms with Crippen LogP contribution in [0, 0.1) is 0 Å². The summed E-state index contributed by atoms with van der Waals surface area (Å²) in [6.45, 7) is 0. The van der Waals surface area contributed by atoms with Gasteiger partial charge < -0.3 is 10.3 Å². The molecule has 7 heteroatoms. The second-order valence-corrected chi connectivity index (χ2v) is 6.46. The van der Waals surface area contributed by atoms with E-state index in [0.717, 1.165) is 6.26 Å². The molecule has 1 aromatic heterocycles. The van der Waals surface area contributed by atoms with Crippen LogP contribution in [0.3, 0.4) is 0 Å². The Bertz CT molecular complexity index is 679. The Balaban J connectivity index is 2.58. The normalized spacial score (nSPS) is 11.7. The molecule has 0 saturated heterocycles. The number of anilines is 1. The van der Waals surface area contributed by atoms with Gasteiger partial charge in [-0.15, -0.1) is 0 Å². The molecule has 0 aliphatic heterocycles. The van der Waals surface area contributed by atoms with Gasteiger partial charge in [0.2, 0.25) is 0 Å². The Morgan fingerprint density at radius 3 is 2.67 bits per heavy atom. The van der Waals surface area contributed by atoms with E-state index in [0.29, 0.717) is 16.1 Å². The lowest BCUT2D eigenvalue weighted by molar-refractivity contribution is 0.396. The zero-order chi connectivity index (χ0) is 13.3. The van der Waals surface area contributed by atoms with E-state index in [1.54, 1.807) is 24.3 Å². The van der Waals surface area contributed by atoms with Crippen LogP contribution in [0.4, 0.5) is 5.82 Å². The van der Waals surface area contributed by atoms with E-state index >= 15 is 0 Å². The number of nitrogen functional groups attached to an aromatic ring is 1. The molecule has 0 atom stereocenters. The predicted molar refractivity (Wildman–Crippen MR) is 69.9 cm³/mol. The molecule has 2 aromatic rings. The highest BCUT2D eigenvalue weighted by atomic mass is 35.5. The van der Waals surface area contributed by atoms with E-state index in [-0.39, 0.29) is 17.3 Å². The van der Waals surface area contributed by atoms with Gasteiger partial charge in [0.05, 0.1) is 5.56 Å². The number of benzene rings is 1. The lowest BCUT2D eigenvalue weighted by atomic mass is 10.1. The fraction of sp³-hybridized carbons (Fsp3) is 0.182. The summed E-state index contributed by atoms with van der Waals surface area (Å²) in [7, 11) is -3.24. The number of aromatic nitrogens is 1. The molecule has 0 fully saturated rings. The summed E-state index contributed by atoms with van der Waals surface area (Å²) in [6, 6.07) is 6.97. The second-order valence-electron chi connectivity index (χ2n) is 3.92. The number of nitrogens with zero attached hydrogens (tertiary/aromatic N) is 1. The summed E-state index contributed by atoms with van der Waals surface area (Å²) in [4.78, 5) is 0. The first kappa shape index (κ1) is 12.9. The van der Waals surface area contributed by atoms with Crippen molar-refractivity contribution in [3.05, 3.63) is 35.0 Å². The molecule has 2 N–H and O–H groups in total. The minimum Gasteiger partial charge on any atom is -0.380 e. The minimum absolute atomic E-state index is 0.127. The third kappa shape index (κ3) is 2.65. The Hall–Kier alpha value is -1.53. The van der Waals surface area contributed by atoms with Gasteiger partial charge in [0.1, 0.15) is 5.75 Å². The maximum absolute atomic E-state index is 11.3. The average Bonchev–Trinajstić information content (AvgIpc) is 2.59. The molecule has 96 valence electrons. The van der Waals surface area contributed by atoms with Crippen LogP contribution < -0.4 is 5.73 Å². The first-order valence-electron chi connectivity index (χ1n) is 5.05. The SMILES string of the molecule is CS(=O)(=O)Cc1onc(N)c1-c1ccccc1Cl. The number of sulfone groups is 1. The topological polar surface area (TPSA) is 86.2 Å². The monoisotopic (exact) mass is 286 g/mol. The Morgan fingerprint density at radius 2 is 2.06 bits per heavy atom. The van der Waals surface area contributed by atoms with Crippen molar-refractivity contribution in [1.29, 1.82) is 0 Å². The fourth-order valence-electron chi connectivity index (χ4n) is 1.63. The molecule has 0 radical (unpaired) electrons. The maximum Gasteiger partial charge on any atom is 0.175 e. The number of rotatable bonds is 3. The minimum atomic E-state index is -3.24. The van der Waals surface area contributed by atoms with E-state index in [2.05, 4.69) is 5.16 Å². The first-order chi connectivity index (χ1) is 8.38. The zero-order valence-corrected chi connectivity index (χ0v) is 11.1. The van der Waals surface area contributed by atoms with Crippen molar-refractivity contribution >= 4 is 27.3 Å². The standard InChI is InChI=1S/C11H11ClN2O3S/c1-18(15,16)6-9-10(11(13)14-17-9)7-4-2-3-5-8(7)12/h2-5H,6H2,1H3,(H2,13,14). The maximum atomic E-state index is 11.3. The highest BCUT2D eigenvalue weighted by Gasteiger charge is 2.21. The second kappa shape index (κ2) is 4.62. The average molecular weight is 287 g/mol. The number of halogens is 1. The molecule has 18 heavy (non-hydrogen) atoms. The van der Waals surface area contributed by atoms with Gasteiger partial charge in [-0.1, -0.05) is 35.0 Å². The van der Waals surface area contributed by atoms with E-state index in [1.165, 1.54) is 0 Å². The molecule has 0 amide bonds. The highest BCUT2D eigenvalue weighted by Crippen LogP contribution is 2.35. The van der Waals surface area contributed by atoms with E-state index in [9.17, 15) is 8.42 Å². The van der Waals surface area contributed by atoms with Gasteiger partial charge in [-0.25, -0.2) is 8.42 Å². The van der Waals surface area contributed by atoms with Crippen molar-refractivity contribution in [2.24, 2.45) is 0 Å². The molecule has 5 nitrogen and oxygen atoms in total. The van der Waals surface area contributed by atoms with Crippen molar-refractivity contribution in [3.63, 3.8) is 0 Å². The van der Waals surface area contributed by atoms with E-state index in [1.807, 2.05) is 0 Å². The largest absolute Gasteiger partial charge is 0.380 e. The molecule has 0 aliphatic carbocycles. The molecule has 2 rings (SSSR count). The molecule has 0 saturated carbocycles. The summed E-state index contributed by atoms with van der Waals surface area (Å²) in [6.07, 6.45) is 1.11. The van der Waals surface area contributed by atoms with Crippen molar-refractivity contribution in [1.82, 2.24) is 5.16 Å². The van der Waals surface area contributed by atoms with Crippen molar-refractivity contribution in [2.45, 2.75) is 5.75 Å². The summed E-state index contributed by atoms with van der Waals surface area (Å²) in [5.74, 6) is 0.0578. The molecule has 1 aromatic carbocycles. The van der Waals surface area contributed by atoms with Gasteiger partial charge >= 0.3 is 0 Å². The third-order valence-corrected chi connectivity index (χ3v) is 3.44. The quantitative estimate of drug-likeness (QED) is 0.934. The molecule has 1 heterocycles. The van der Waals surface area contributed by atoms with Crippen LogP contribution in [0.25, 0.3) is 11.1 Å². The van der Waals surface area contributed by atoms with E-state index < -0.39 is 9.84 Å². The molecule has 0 unspecified atom stereocenters. The number of hydrogen-bond donors (Lipinski definition) is 1. The van der Waals surface area contributed by atoms with Gasteiger partial charge in [-0.2, -0.15) is 0 Å². The summed E-state index contributed by atoms with van der Waals surface area (Å²) >= 11 is 6.06. The highest BCUT2D eigenvalue weighted by molar-refractivity contribution is 7.89. The fourth-order valence-corrected chi connectivity index (χ4v) is 2.53. The van der Waals surface area contributed by atoms with Gasteiger partial charge in [0, 0.05) is 16.8 Å². The van der Waals surface area contributed by atoms with E-state index in [4.69, 9.17) is 21.9 Å². The van der Waals surface area contributed by atoms with Gasteiger partial charge in [-0.3, -0.25) is 0 Å². The van der Waals surface area contributed by atoms with Crippen molar-refractivity contribution in [3.8, 4) is 11.1 Å². The van der Waals surface area contributed by atoms with Crippen LogP contribution in [-0.4, -0.2) is 19.8 Å². The first-order valence-corrected chi connectivity index (χ1v) is 7.49. The molecule has 0 spiro atoms. The van der Waals surface area contributed by atoms with Gasteiger partial charge in [0.15, 0.2) is 21.4 Å². The molecule has 0 bridgehead atoms. The number of hydrogen-bond acceptors (Lipinski definition) is 5. The predicted octanol–water partition coefficient (Wildman–Crippen LogP) is 2.12. The zero-order valence-electron chi connectivity index (χ0n) is 9.55. The van der Waals surface area contributed by atoms with Crippen LogP contribution >= 0.6 is 11.6 Å². The Kier molecular flexibility index (Phi) is 3.32. The Morgan fingerprint density at radius 1 is 1.39 bits per heavy atom.